The molecule has 0 aromatic heterocycles. The zero-order valence-corrected chi connectivity index (χ0v) is 16.0. The molecule has 2 rings (SSSR count). The number of rotatable bonds is 8. The Morgan fingerprint density at radius 3 is 2.50 bits per heavy atom. The molecule has 4 heteroatoms. The molecule has 4 nitrogen and oxygen atoms in total. The number of nitrogens with zero attached hydrogens (tertiary/aromatic N) is 1. The summed E-state index contributed by atoms with van der Waals surface area (Å²) in [6.07, 6.45) is 7.67. The van der Waals surface area contributed by atoms with Crippen LogP contribution in [0.2, 0.25) is 0 Å². The van der Waals surface area contributed by atoms with Gasteiger partial charge in [-0.3, -0.25) is 4.79 Å². The molecule has 0 amide bonds. The largest absolute Gasteiger partial charge is 0.462 e. The van der Waals surface area contributed by atoms with E-state index < -0.39 is 0 Å². The first-order valence-corrected chi connectivity index (χ1v) is 9.81. The fraction of sp³-hybridized carbons (Fsp3) is 0.900. The molecule has 0 bridgehead atoms. The van der Waals surface area contributed by atoms with Gasteiger partial charge in [-0.05, 0) is 71.8 Å². The molecule has 2 fully saturated rings. The number of hydrogen-bond acceptors (Lipinski definition) is 4. The topological polar surface area (TPSA) is 46.6 Å². The second kappa shape index (κ2) is 8.46. The lowest BCUT2D eigenvalue weighted by molar-refractivity contribution is -0.150. The number of carbonyl (C=O) groups is 2. The molecular weight excluding hydrogens is 302 g/mol. The van der Waals surface area contributed by atoms with Gasteiger partial charge in [0.05, 0.1) is 5.41 Å². The van der Waals surface area contributed by atoms with Gasteiger partial charge in [0.25, 0.3) is 0 Å². The summed E-state index contributed by atoms with van der Waals surface area (Å²) >= 11 is 0. The van der Waals surface area contributed by atoms with Crippen LogP contribution in [0.5, 0.6) is 0 Å². The molecule has 0 aromatic rings. The molecule has 1 saturated heterocycles. The molecule has 0 aromatic carbocycles. The second-order valence-corrected chi connectivity index (χ2v) is 8.21. The Morgan fingerprint density at radius 1 is 1.29 bits per heavy atom. The van der Waals surface area contributed by atoms with Gasteiger partial charge in [0, 0.05) is 25.4 Å². The first-order chi connectivity index (χ1) is 11.4. The van der Waals surface area contributed by atoms with Gasteiger partial charge in [-0.25, -0.2) is 0 Å². The van der Waals surface area contributed by atoms with Crippen molar-refractivity contribution in [1.29, 1.82) is 0 Å². The molecule has 24 heavy (non-hydrogen) atoms. The van der Waals surface area contributed by atoms with E-state index in [0.717, 1.165) is 58.0 Å². The average molecular weight is 338 g/mol. The Morgan fingerprint density at radius 2 is 1.96 bits per heavy atom. The summed E-state index contributed by atoms with van der Waals surface area (Å²) in [5, 5.41) is 0. The van der Waals surface area contributed by atoms with Crippen LogP contribution in [0.3, 0.4) is 0 Å². The van der Waals surface area contributed by atoms with Crippen molar-refractivity contribution >= 4 is 11.8 Å². The van der Waals surface area contributed by atoms with E-state index in [1.807, 2.05) is 0 Å². The van der Waals surface area contributed by atoms with Crippen LogP contribution in [-0.4, -0.2) is 41.9 Å². The standard InChI is InChI=1S/C20H35NO3/c1-5-21(15(2)3)13-10-18-14-20(19(23)24-18)11-8-17(9-12-20)7-6-16(4)22/h15,17-18H,5-14H2,1-4H3/t17?,18-,20?/m0/s1. The van der Waals surface area contributed by atoms with Crippen molar-refractivity contribution < 1.29 is 14.3 Å². The lowest BCUT2D eigenvalue weighted by Gasteiger charge is -2.34. The summed E-state index contributed by atoms with van der Waals surface area (Å²) in [7, 11) is 0. The number of carbonyl (C=O) groups excluding carboxylic acids is 2. The minimum Gasteiger partial charge on any atom is -0.462 e. The van der Waals surface area contributed by atoms with E-state index in [1.54, 1.807) is 6.92 Å². The highest BCUT2D eigenvalue weighted by Gasteiger charge is 2.50. The van der Waals surface area contributed by atoms with Crippen molar-refractivity contribution in [3.05, 3.63) is 0 Å². The van der Waals surface area contributed by atoms with E-state index >= 15 is 0 Å². The van der Waals surface area contributed by atoms with Gasteiger partial charge in [-0.2, -0.15) is 0 Å². The number of esters is 1. The second-order valence-electron chi connectivity index (χ2n) is 8.21. The van der Waals surface area contributed by atoms with Crippen LogP contribution in [0.4, 0.5) is 0 Å². The van der Waals surface area contributed by atoms with Gasteiger partial charge in [0.15, 0.2) is 0 Å². The highest BCUT2D eigenvalue weighted by atomic mass is 16.6. The van der Waals surface area contributed by atoms with E-state index in [4.69, 9.17) is 4.74 Å². The molecule has 1 atom stereocenters. The molecule has 138 valence electrons. The van der Waals surface area contributed by atoms with Crippen LogP contribution in [0.25, 0.3) is 0 Å². The van der Waals surface area contributed by atoms with Crippen molar-refractivity contribution in [3.63, 3.8) is 0 Å². The summed E-state index contributed by atoms with van der Waals surface area (Å²) in [6, 6.07) is 0.540. The molecule has 1 heterocycles. The third kappa shape index (κ3) is 4.81. The summed E-state index contributed by atoms with van der Waals surface area (Å²) in [6.45, 7) is 10.3. The van der Waals surface area contributed by atoms with Gasteiger partial charge in [-0.15, -0.1) is 0 Å². The van der Waals surface area contributed by atoms with Gasteiger partial charge in [0.2, 0.25) is 0 Å². The quantitative estimate of drug-likeness (QED) is 0.629. The normalized spacial score (nSPS) is 30.3. The first kappa shape index (κ1) is 19.4. The SMILES string of the molecule is CCN(CC[C@H]1CC2(CCC(CCC(C)=O)CC2)C(=O)O1)C(C)C. The Bertz CT molecular complexity index is 438. The Hall–Kier alpha value is -0.900. The van der Waals surface area contributed by atoms with Crippen molar-refractivity contribution in [2.24, 2.45) is 11.3 Å². The number of Topliss-reactive ketones (excluding diaryl/α,β-unsaturated/α-hetero) is 1. The summed E-state index contributed by atoms with van der Waals surface area (Å²) in [5.74, 6) is 0.939. The third-order valence-electron chi connectivity index (χ3n) is 6.17. The summed E-state index contributed by atoms with van der Waals surface area (Å²) in [5.41, 5.74) is -0.216. The van der Waals surface area contributed by atoms with Crippen LogP contribution in [0.1, 0.15) is 79.1 Å². The van der Waals surface area contributed by atoms with Crippen LogP contribution in [-0.2, 0) is 14.3 Å². The van der Waals surface area contributed by atoms with Gasteiger partial charge < -0.3 is 14.4 Å². The highest BCUT2D eigenvalue weighted by molar-refractivity contribution is 5.79. The molecule has 1 aliphatic carbocycles. The van der Waals surface area contributed by atoms with E-state index in [2.05, 4.69) is 25.7 Å². The monoisotopic (exact) mass is 337 g/mol. The Balaban J connectivity index is 1.81. The maximum absolute atomic E-state index is 12.5. The molecule has 1 aliphatic heterocycles. The Labute approximate surface area is 147 Å². The molecule has 2 aliphatic rings. The molecule has 1 spiro atoms. The minimum atomic E-state index is -0.216. The lowest BCUT2D eigenvalue weighted by atomic mass is 9.68. The smallest absolute Gasteiger partial charge is 0.312 e. The minimum absolute atomic E-state index is 0.0464. The van der Waals surface area contributed by atoms with Gasteiger partial charge in [0.1, 0.15) is 11.9 Å². The number of cyclic esters (lactones) is 1. The maximum atomic E-state index is 12.5. The zero-order chi connectivity index (χ0) is 17.7. The molecule has 1 saturated carbocycles. The first-order valence-electron chi connectivity index (χ1n) is 9.81. The van der Waals surface area contributed by atoms with Gasteiger partial charge in [-0.1, -0.05) is 6.92 Å². The van der Waals surface area contributed by atoms with E-state index in [1.165, 1.54) is 0 Å². The van der Waals surface area contributed by atoms with Crippen molar-refractivity contribution in [2.75, 3.05) is 13.1 Å². The Kier molecular flexibility index (Phi) is 6.85. The predicted molar refractivity (Wildman–Crippen MR) is 95.8 cm³/mol. The van der Waals surface area contributed by atoms with Crippen LogP contribution in [0.15, 0.2) is 0 Å². The zero-order valence-electron chi connectivity index (χ0n) is 16.0. The highest BCUT2D eigenvalue weighted by Crippen LogP contribution is 2.48. The van der Waals surface area contributed by atoms with Crippen LogP contribution in [0, 0.1) is 11.3 Å². The predicted octanol–water partition coefficient (Wildman–Crippen LogP) is 3.97. The average Bonchev–Trinajstić information content (AvgIpc) is 2.83. The lowest BCUT2D eigenvalue weighted by Crippen LogP contribution is -2.33. The van der Waals surface area contributed by atoms with Crippen molar-refractivity contribution in [3.8, 4) is 0 Å². The summed E-state index contributed by atoms with van der Waals surface area (Å²) in [4.78, 5) is 26.1. The molecular formula is C20H35NO3. The number of ketones is 1. The molecule has 0 radical (unpaired) electrons. The van der Waals surface area contributed by atoms with E-state index in [-0.39, 0.29) is 23.3 Å². The molecule has 0 N–H and O–H groups in total. The summed E-state index contributed by atoms with van der Waals surface area (Å²) < 4.78 is 5.74. The van der Waals surface area contributed by atoms with Crippen LogP contribution >= 0.6 is 0 Å². The maximum Gasteiger partial charge on any atom is 0.312 e. The number of hydrogen-bond donors (Lipinski definition) is 0. The van der Waals surface area contributed by atoms with E-state index in [9.17, 15) is 9.59 Å². The van der Waals surface area contributed by atoms with Gasteiger partial charge >= 0.3 is 5.97 Å². The van der Waals surface area contributed by atoms with Crippen molar-refractivity contribution in [2.45, 2.75) is 91.2 Å². The third-order valence-corrected chi connectivity index (χ3v) is 6.17. The fourth-order valence-electron chi connectivity index (χ4n) is 4.42. The van der Waals surface area contributed by atoms with Crippen LogP contribution < -0.4 is 0 Å². The van der Waals surface area contributed by atoms with E-state index in [0.29, 0.717) is 18.4 Å². The number of ether oxygens (including phenoxy) is 1. The fourth-order valence-corrected chi connectivity index (χ4v) is 4.42. The van der Waals surface area contributed by atoms with Crippen molar-refractivity contribution in [1.82, 2.24) is 4.90 Å². The molecule has 0 unspecified atom stereocenters.